The molecule has 0 aliphatic carbocycles. The van der Waals surface area contributed by atoms with Crippen LogP contribution in [0.1, 0.15) is 6.92 Å². The monoisotopic (exact) mass is 350 g/mol. The molecule has 1 amide bonds. The fraction of sp³-hybridized carbons (Fsp3) is 0.133. The zero-order valence-electron chi connectivity index (χ0n) is 11.0. The molecule has 0 aliphatic rings. The predicted octanol–water partition coefficient (Wildman–Crippen LogP) is 4.15. The highest BCUT2D eigenvalue weighted by Gasteiger charge is 2.16. The standard InChI is InChI=1S/C15H15BrN2OS/c1-10(15(19)18-12-5-3-2-4-6-12)20-14-9-11(16)7-8-13(14)17/h2-10H,17H2,1H3,(H,18,19). The number of anilines is 2. The molecule has 3 N–H and O–H groups in total. The minimum absolute atomic E-state index is 0.0411. The molecule has 0 heterocycles. The van der Waals surface area contributed by atoms with E-state index in [4.69, 9.17) is 5.73 Å². The molecule has 2 aromatic carbocycles. The lowest BCUT2D eigenvalue weighted by Gasteiger charge is -2.13. The molecule has 3 nitrogen and oxygen atoms in total. The Hall–Kier alpha value is -1.46. The molecule has 0 aliphatic heterocycles. The second-order valence-corrected chi connectivity index (χ2v) is 6.60. The van der Waals surface area contributed by atoms with E-state index in [0.717, 1.165) is 15.1 Å². The van der Waals surface area contributed by atoms with Gasteiger partial charge in [0.15, 0.2) is 0 Å². The maximum atomic E-state index is 12.1. The molecule has 0 fully saturated rings. The van der Waals surface area contributed by atoms with Crippen LogP contribution in [0.2, 0.25) is 0 Å². The highest BCUT2D eigenvalue weighted by molar-refractivity contribution is 9.10. The van der Waals surface area contributed by atoms with Gasteiger partial charge in [0.1, 0.15) is 0 Å². The van der Waals surface area contributed by atoms with Gasteiger partial charge in [0.2, 0.25) is 5.91 Å². The van der Waals surface area contributed by atoms with Gasteiger partial charge < -0.3 is 11.1 Å². The highest BCUT2D eigenvalue weighted by Crippen LogP contribution is 2.31. The number of carbonyl (C=O) groups excluding carboxylic acids is 1. The van der Waals surface area contributed by atoms with Gasteiger partial charge in [-0.3, -0.25) is 4.79 Å². The summed E-state index contributed by atoms with van der Waals surface area (Å²) < 4.78 is 0.949. The number of nitrogens with two attached hydrogens (primary N) is 1. The van der Waals surface area contributed by atoms with Crippen LogP contribution in [0.5, 0.6) is 0 Å². The summed E-state index contributed by atoms with van der Waals surface area (Å²) >= 11 is 4.85. The van der Waals surface area contributed by atoms with Crippen molar-refractivity contribution in [2.24, 2.45) is 0 Å². The first-order valence-corrected chi connectivity index (χ1v) is 7.81. The Bertz CT molecular complexity index is 604. The Morgan fingerprint density at radius 3 is 2.65 bits per heavy atom. The summed E-state index contributed by atoms with van der Waals surface area (Å²) in [5, 5.41) is 2.65. The molecule has 2 rings (SSSR count). The summed E-state index contributed by atoms with van der Waals surface area (Å²) in [6.45, 7) is 1.86. The zero-order chi connectivity index (χ0) is 14.5. The Balaban J connectivity index is 2.02. The number of benzene rings is 2. The molecule has 20 heavy (non-hydrogen) atoms. The summed E-state index contributed by atoms with van der Waals surface area (Å²) in [6, 6.07) is 15.1. The van der Waals surface area contributed by atoms with Crippen LogP contribution < -0.4 is 11.1 Å². The first-order chi connectivity index (χ1) is 9.56. The number of hydrogen-bond donors (Lipinski definition) is 2. The van der Waals surface area contributed by atoms with Gasteiger partial charge in [0.05, 0.1) is 5.25 Å². The van der Waals surface area contributed by atoms with E-state index in [1.807, 2.05) is 55.5 Å². The van der Waals surface area contributed by atoms with Crippen molar-refractivity contribution in [1.82, 2.24) is 0 Å². The van der Waals surface area contributed by atoms with Gasteiger partial charge in [-0.2, -0.15) is 0 Å². The molecule has 1 atom stereocenters. The number of thioether (sulfide) groups is 1. The van der Waals surface area contributed by atoms with Crippen LogP contribution in [0.4, 0.5) is 11.4 Å². The summed E-state index contributed by atoms with van der Waals surface area (Å²) in [4.78, 5) is 13.0. The lowest BCUT2D eigenvalue weighted by molar-refractivity contribution is -0.115. The molecule has 0 saturated carbocycles. The summed E-state index contributed by atoms with van der Waals surface area (Å²) in [5.41, 5.74) is 7.39. The lowest BCUT2D eigenvalue weighted by Crippen LogP contribution is -2.22. The highest BCUT2D eigenvalue weighted by atomic mass is 79.9. The van der Waals surface area contributed by atoms with Crippen LogP contribution in [0.15, 0.2) is 57.9 Å². The fourth-order valence-corrected chi connectivity index (χ4v) is 3.08. The van der Waals surface area contributed by atoms with Crippen molar-refractivity contribution in [1.29, 1.82) is 0 Å². The molecule has 104 valence electrons. The van der Waals surface area contributed by atoms with Gasteiger partial charge in [-0.05, 0) is 37.3 Å². The smallest absolute Gasteiger partial charge is 0.237 e. The predicted molar refractivity (Wildman–Crippen MR) is 88.9 cm³/mol. The van der Waals surface area contributed by atoms with E-state index in [-0.39, 0.29) is 11.2 Å². The molecule has 1 unspecified atom stereocenters. The number of hydrogen-bond acceptors (Lipinski definition) is 3. The normalized spacial score (nSPS) is 11.9. The van der Waals surface area contributed by atoms with Crippen LogP contribution >= 0.6 is 27.7 Å². The number of halogens is 1. The molecule has 0 spiro atoms. The van der Waals surface area contributed by atoms with Crippen LogP contribution in [-0.4, -0.2) is 11.2 Å². The van der Waals surface area contributed by atoms with Gasteiger partial charge in [-0.25, -0.2) is 0 Å². The molecule has 0 radical (unpaired) electrons. The number of amides is 1. The number of nitrogen functional groups attached to an aromatic ring is 1. The second-order valence-electron chi connectivity index (χ2n) is 4.30. The lowest BCUT2D eigenvalue weighted by atomic mass is 10.3. The Kier molecular flexibility index (Phi) is 5.09. The summed E-state index contributed by atoms with van der Waals surface area (Å²) in [5.74, 6) is -0.0411. The first kappa shape index (κ1) is 14.9. The molecule has 0 aromatic heterocycles. The maximum Gasteiger partial charge on any atom is 0.237 e. The number of rotatable bonds is 4. The van der Waals surface area contributed by atoms with Gasteiger partial charge in [0.25, 0.3) is 0 Å². The minimum Gasteiger partial charge on any atom is -0.398 e. The largest absolute Gasteiger partial charge is 0.398 e. The summed E-state index contributed by atoms with van der Waals surface area (Å²) in [6.07, 6.45) is 0. The van der Waals surface area contributed by atoms with Gasteiger partial charge in [-0.15, -0.1) is 11.8 Å². The topological polar surface area (TPSA) is 55.1 Å². The number of para-hydroxylation sites is 1. The number of nitrogens with one attached hydrogen (secondary N) is 1. The SMILES string of the molecule is CC(Sc1cc(Br)ccc1N)C(=O)Nc1ccccc1. The van der Waals surface area contributed by atoms with Crippen molar-refractivity contribution in [3.8, 4) is 0 Å². The van der Waals surface area contributed by atoms with Gasteiger partial charge in [0, 0.05) is 20.7 Å². The van der Waals surface area contributed by atoms with E-state index < -0.39 is 0 Å². The van der Waals surface area contributed by atoms with E-state index in [1.165, 1.54) is 11.8 Å². The van der Waals surface area contributed by atoms with Crippen molar-refractivity contribution in [2.75, 3.05) is 11.1 Å². The van der Waals surface area contributed by atoms with Crippen molar-refractivity contribution < 1.29 is 4.79 Å². The van der Waals surface area contributed by atoms with Crippen LogP contribution in [0.3, 0.4) is 0 Å². The average molecular weight is 351 g/mol. The van der Waals surface area contributed by atoms with E-state index in [1.54, 1.807) is 0 Å². The van der Waals surface area contributed by atoms with Crippen molar-refractivity contribution in [3.63, 3.8) is 0 Å². The third-order valence-corrected chi connectivity index (χ3v) is 4.36. The Labute approximate surface area is 131 Å². The maximum absolute atomic E-state index is 12.1. The van der Waals surface area contributed by atoms with Gasteiger partial charge in [-0.1, -0.05) is 34.1 Å². The van der Waals surface area contributed by atoms with E-state index in [9.17, 15) is 4.79 Å². The van der Waals surface area contributed by atoms with Crippen molar-refractivity contribution >= 4 is 45.0 Å². The molecule has 0 bridgehead atoms. The minimum atomic E-state index is -0.230. The van der Waals surface area contributed by atoms with Crippen LogP contribution in [-0.2, 0) is 4.79 Å². The van der Waals surface area contributed by atoms with E-state index in [0.29, 0.717) is 5.69 Å². The Morgan fingerprint density at radius 2 is 1.95 bits per heavy atom. The fourth-order valence-electron chi connectivity index (χ4n) is 1.62. The first-order valence-electron chi connectivity index (χ1n) is 6.14. The van der Waals surface area contributed by atoms with Crippen molar-refractivity contribution in [3.05, 3.63) is 53.0 Å². The van der Waals surface area contributed by atoms with Crippen LogP contribution in [0.25, 0.3) is 0 Å². The second kappa shape index (κ2) is 6.81. The molecule has 0 saturated heterocycles. The zero-order valence-corrected chi connectivity index (χ0v) is 13.4. The molecule has 2 aromatic rings. The summed E-state index contributed by atoms with van der Waals surface area (Å²) in [7, 11) is 0. The third kappa shape index (κ3) is 4.02. The molecular weight excluding hydrogens is 336 g/mol. The third-order valence-electron chi connectivity index (χ3n) is 2.69. The van der Waals surface area contributed by atoms with Gasteiger partial charge >= 0.3 is 0 Å². The Morgan fingerprint density at radius 1 is 1.25 bits per heavy atom. The van der Waals surface area contributed by atoms with Crippen LogP contribution in [0, 0.1) is 0 Å². The van der Waals surface area contributed by atoms with E-state index >= 15 is 0 Å². The molecular formula is C15H15BrN2OS. The number of carbonyl (C=O) groups is 1. The quantitative estimate of drug-likeness (QED) is 0.643. The van der Waals surface area contributed by atoms with E-state index in [2.05, 4.69) is 21.2 Å². The average Bonchev–Trinajstić information content (AvgIpc) is 2.44. The molecule has 5 heteroatoms. The van der Waals surface area contributed by atoms with Crippen molar-refractivity contribution in [2.45, 2.75) is 17.1 Å².